The zero-order chi connectivity index (χ0) is 22.4. The highest BCUT2D eigenvalue weighted by Gasteiger charge is 2.23. The summed E-state index contributed by atoms with van der Waals surface area (Å²) in [7, 11) is 0. The molecule has 7 heteroatoms. The molecular formula is C24H23N3O4. The van der Waals surface area contributed by atoms with E-state index >= 15 is 0 Å². The first-order valence-electron chi connectivity index (χ1n) is 9.99. The SMILES string of the molecule is CCN(CC)c1ccc(-c2ccc(/C=C/c3ccc([N+](=O)[O-])c([N+](=O)[O-])c3)cc2)cc1. The van der Waals surface area contributed by atoms with Gasteiger partial charge in [0.25, 0.3) is 0 Å². The molecule has 0 N–H and O–H groups in total. The Morgan fingerprint density at radius 1 is 0.710 bits per heavy atom. The van der Waals surface area contributed by atoms with Gasteiger partial charge in [-0.05, 0) is 54.3 Å². The van der Waals surface area contributed by atoms with E-state index in [0.717, 1.165) is 35.8 Å². The number of anilines is 1. The third kappa shape index (κ3) is 5.14. The number of rotatable bonds is 8. The standard InChI is InChI=1S/C24H23N3O4/c1-3-25(4-2)22-14-12-21(13-15-22)20-10-7-18(8-11-20)5-6-19-9-16-23(26(28)29)24(17-19)27(30)31/h5-17H,3-4H2,1-2H3/b6-5+. The number of nitrogens with zero attached hydrogens (tertiary/aromatic N) is 3. The number of nitro benzene ring substituents is 2. The molecule has 3 aromatic rings. The topological polar surface area (TPSA) is 89.5 Å². The lowest BCUT2D eigenvalue weighted by molar-refractivity contribution is -0.422. The van der Waals surface area contributed by atoms with Crippen molar-refractivity contribution in [1.29, 1.82) is 0 Å². The van der Waals surface area contributed by atoms with E-state index in [4.69, 9.17) is 0 Å². The quantitative estimate of drug-likeness (QED) is 0.248. The average molecular weight is 417 g/mol. The van der Waals surface area contributed by atoms with Crippen LogP contribution in [0.2, 0.25) is 0 Å². The van der Waals surface area contributed by atoms with E-state index in [2.05, 4.69) is 43.0 Å². The maximum atomic E-state index is 11.1. The van der Waals surface area contributed by atoms with Crippen molar-refractivity contribution in [2.75, 3.05) is 18.0 Å². The molecule has 0 amide bonds. The van der Waals surface area contributed by atoms with Crippen LogP contribution in [0.25, 0.3) is 23.3 Å². The molecule has 158 valence electrons. The van der Waals surface area contributed by atoms with Crippen LogP contribution >= 0.6 is 0 Å². The van der Waals surface area contributed by atoms with E-state index in [1.807, 2.05) is 30.3 Å². The van der Waals surface area contributed by atoms with Gasteiger partial charge in [0.2, 0.25) is 0 Å². The van der Waals surface area contributed by atoms with E-state index in [-0.39, 0.29) is 0 Å². The van der Waals surface area contributed by atoms with Crippen molar-refractivity contribution in [2.45, 2.75) is 13.8 Å². The highest BCUT2D eigenvalue weighted by molar-refractivity contribution is 5.74. The summed E-state index contributed by atoms with van der Waals surface area (Å²) in [5, 5.41) is 22.0. The first-order valence-corrected chi connectivity index (χ1v) is 9.99. The third-order valence-corrected chi connectivity index (χ3v) is 5.10. The molecule has 0 spiro atoms. The second-order valence-electron chi connectivity index (χ2n) is 6.94. The van der Waals surface area contributed by atoms with Crippen LogP contribution in [-0.2, 0) is 0 Å². The van der Waals surface area contributed by atoms with Crippen LogP contribution in [0.4, 0.5) is 17.1 Å². The van der Waals surface area contributed by atoms with Gasteiger partial charge in [0, 0.05) is 30.9 Å². The first kappa shape index (κ1) is 21.7. The van der Waals surface area contributed by atoms with E-state index in [1.54, 1.807) is 6.08 Å². The minimum absolute atomic E-state index is 0.515. The highest BCUT2D eigenvalue weighted by atomic mass is 16.6. The van der Waals surface area contributed by atoms with Gasteiger partial charge in [-0.2, -0.15) is 0 Å². The molecule has 0 radical (unpaired) electrons. The summed E-state index contributed by atoms with van der Waals surface area (Å²) in [6, 6.07) is 20.3. The van der Waals surface area contributed by atoms with Gasteiger partial charge in [-0.15, -0.1) is 0 Å². The van der Waals surface area contributed by atoms with Crippen LogP contribution in [0.1, 0.15) is 25.0 Å². The summed E-state index contributed by atoms with van der Waals surface area (Å²) in [5.74, 6) is 0. The summed E-state index contributed by atoms with van der Waals surface area (Å²) < 4.78 is 0. The molecule has 0 saturated carbocycles. The third-order valence-electron chi connectivity index (χ3n) is 5.10. The molecular weight excluding hydrogens is 394 g/mol. The molecule has 3 aromatic carbocycles. The lowest BCUT2D eigenvalue weighted by Gasteiger charge is -2.21. The Morgan fingerprint density at radius 2 is 1.19 bits per heavy atom. The highest BCUT2D eigenvalue weighted by Crippen LogP contribution is 2.28. The van der Waals surface area contributed by atoms with Gasteiger partial charge in [0.15, 0.2) is 0 Å². The predicted molar refractivity (Wildman–Crippen MR) is 124 cm³/mol. The zero-order valence-corrected chi connectivity index (χ0v) is 17.4. The Kier molecular flexibility index (Phi) is 6.77. The maximum Gasteiger partial charge on any atom is 0.346 e. The zero-order valence-electron chi connectivity index (χ0n) is 17.4. The van der Waals surface area contributed by atoms with Gasteiger partial charge in [-0.25, -0.2) is 0 Å². The molecule has 0 aliphatic carbocycles. The second-order valence-corrected chi connectivity index (χ2v) is 6.94. The molecule has 0 fully saturated rings. The van der Waals surface area contributed by atoms with Gasteiger partial charge in [-0.3, -0.25) is 20.2 Å². The van der Waals surface area contributed by atoms with Gasteiger partial charge in [-0.1, -0.05) is 48.6 Å². The predicted octanol–water partition coefficient (Wildman–Crippen LogP) is 6.19. The normalized spacial score (nSPS) is 10.9. The van der Waals surface area contributed by atoms with Crippen LogP contribution in [0.3, 0.4) is 0 Å². The average Bonchev–Trinajstić information content (AvgIpc) is 2.79. The van der Waals surface area contributed by atoms with Gasteiger partial charge < -0.3 is 4.90 Å². The molecule has 31 heavy (non-hydrogen) atoms. The monoisotopic (exact) mass is 417 g/mol. The van der Waals surface area contributed by atoms with Crippen LogP contribution < -0.4 is 4.90 Å². The van der Waals surface area contributed by atoms with E-state index in [0.29, 0.717) is 5.56 Å². The minimum Gasteiger partial charge on any atom is -0.372 e. The fraction of sp³-hybridized carbons (Fsp3) is 0.167. The smallest absolute Gasteiger partial charge is 0.346 e. The van der Waals surface area contributed by atoms with Gasteiger partial charge in [0.05, 0.1) is 9.85 Å². The largest absolute Gasteiger partial charge is 0.372 e. The Balaban J connectivity index is 1.76. The van der Waals surface area contributed by atoms with Crippen molar-refractivity contribution in [2.24, 2.45) is 0 Å². The van der Waals surface area contributed by atoms with Crippen molar-refractivity contribution in [3.63, 3.8) is 0 Å². The lowest BCUT2D eigenvalue weighted by atomic mass is 10.0. The molecule has 0 bridgehead atoms. The molecule has 0 unspecified atom stereocenters. The van der Waals surface area contributed by atoms with E-state index < -0.39 is 21.2 Å². The number of benzene rings is 3. The van der Waals surface area contributed by atoms with Crippen LogP contribution in [-0.4, -0.2) is 22.9 Å². The maximum absolute atomic E-state index is 11.1. The van der Waals surface area contributed by atoms with Crippen LogP contribution in [0.15, 0.2) is 66.7 Å². The summed E-state index contributed by atoms with van der Waals surface area (Å²) in [5.41, 5.74) is 3.82. The van der Waals surface area contributed by atoms with Crippen molar-refractivity contribution >= 4 is 29.2 Å². The number of hydrogen-bond acceptors (Lipinski definition) is 5. The minimum atomic E-state index is -0.751. The molecule has 0 heterocycles. The second kappa shape index (κ2) is 9.67. The fourth-order valence-electron chi connectivity index (χ4n) is 3.38. The molecule has 0 aromatic heterocycles. The Labute approximate surface area is 180 Å². The lowest BCUT2D eigenvalue weighted by Crippen LogP contribution is -2.21. The Hall–Kier alpha value is -4.00. The van der Waals surface area contributed by atoms with Crippen LogP contribution in [0.5, 0.6) is 0 Å². The summed E-state index contributed by atoms with van der Waals surface area (Å²) in [6.07, 6.45) is 3.52. The van der Waals surface area contributed by atoms with Crippen molar-refractivity contribution < 1.29 is 9.85 Å². The fourth-order valence-corrected chi connectivity index (χ4v) is 3.38. The molecule has 7 nitrogen and oxygen atoms in total. The van der Waals surface area contributed by atoms with Crippen molar-refractivity contribution in [3.8, 4) is 11.1 Å². The first-order chi connectivity index (χ1) is 14.9. The van der Waals surface area contributed by atoms with Crippen molar-refractivity contribution in [1.82, 2.24) is 0 Å². The van der Waals surface area contributed by atoms with Gasteiger partial charge in [0.1, 0.15) is 0 Å². The molecule has 0 atom stereocenters. The van der Waals surface area contributed by atoms with Crippen LogP contribution in [0, 0.1) is 20.2 Å². The van der Waals surface area contributed by atoms with E-state index in [1.165, 1.54) is 17.8 Å². The molecule has 0 aliphatic rings. The molecule has 3 rings (SSSR count). The summed E-state index contributed by atoms with van der Waals surface area (Å²) in [6.45, 7) is 6.21. The number of nitro groups is 2. The molecule has 0 saturated heterocycles. The van der Waals surface area contributed by atoms with E-state index in [9.17, 15) is 20.2 Å². The number of hydrogen-bond donors (Lipinski definition) is 0. The van der Waals surface area contributed by atoms with Crippen molar-refractivity contribution in [3.05, 3.63) is 98.1 Å². The van der Waals surface area contributed by atoms with Gasteiger partial charge >= 0.3 is 11.4 Å². The Morgan fingerprint density at radius 3 is 1.71 bits per heavy atom. The summed E-state index contributed by atoms with van der Waals surface area (Å²) in [4.78, 5) is 22.8. The summed E-state index contributed by atoms with van der Waals surface area (Å²) >= 11 is 0. The Bertz CT molecular complexity index is 1100. The molecule has 0 aliphatic heterocycles.